The predicted octanol–water partition coefficient (Wildman–Crippen LogP) is 3.67. The van der Waals surface area contributed by atoms with Crippen LogP contribution in [0.2, 0.25) is 0 Å². The summed E-state index contributed by atoms with van der Waals surface area (Å²) in [6, 6.07) is 0.482. The SMILES string of the molecule is Cc1cnc(CNC2CCCC(C)(C)C2)c(C)c1[N+](=O)[O-]. The summed E-state index contributed by atoms with van der Waals surface area (Å²) in [7, 11) is 0. The van der Waals surface area contributed by atoms with Crippen LogP contribution in [-0.2, 0) is 6.54 Å². The van der Waals surface area contributed by atoms with Gasteiger partial charge in [0.15, 0.2) is 0 Å². The second kappa shape index (κ2) is 6.10. The van der Waals surface area contributed by atoms with Crippen LogP contribution in [0.5, 0.6) is 0 Å². The molecule has 5 heteroatoms. The van der Waals surface area contributed by atoms with Crippen LogP contribution < -0.4 is 5.32 Å². The highest BCUT2D eigenvalue weighted by atomic mass is 16.6. The van der Waals surface area contributed by atoms with Crippen LogP contribution in [0.25, 0.3) is 0 Å². The lowest BCUT2D eigenvalue weighted by molar-refractivity contribution is -0.386. The largest absolute Gasteiger partial charge is 0.308 e. The Morgan fingerprint density at radius 3 is 2.81 bits per heavy atom. The van der Waals surface area contributed by atoms with Crippen LogP contribution in [0.1, 0.15) is 56.4 Å². The quantitative estimate of drug-likeness (QED) is 0.679. The Morgan fingerprint density at radius 1 is 1.48 bits per heavy atom. The molecule has 0 bridgehead atoms. The molecule has 116 valence electrons. The first-order valence-electron chi connectivity index (χ1n) is 7.63. The summed E-state index contributed by atoms with van der Waals surface area (Å²) in [4.78, 5) is 15.2. The van der Waals surface area contributed by atoms with Crippen molar-refractivity contribution in [2.45, 2.75) is 66.0 Å². The number of rotatable bonds is 4. The van der Waals surface area contributed by atoms with E-state index in [9.17, 15) is 10.1 Å². The van der Waals surface area contributed by atoms with E-state index in [2.05, 4.69) is 24.1 Å². The third-order valence-electron chi connectivity index (χ3n) is 4.52. The van der Waals surface area contributed by atoms with E-state index in [1.54, 1.807) is 20.0 Å². The maximum atomic E-state index is 11.1. The van der Waals surface area contributed by atoms with Crippen molar-refractivity contribution < 1.29 is 4.92 Å². The van der Waals surface area contributed by atoms with Crippen LogP contribution in [-0.4, -0.2) is 15.9 Å². The molecule has 5 nitrogen and oxygen atoms in total. The maximum Gasteiger partial charge on any atom is 0.278 e. The number of hydrogen-bond acceptors (Lipinski definition) is 4. The maximum absolute atomic E-state index is 11.1. The van der Waals surface area contributed by atoms with Crippen molar-refractivity contribution in [2.24, 2.45) is 5.41 Å². The minimum atomic E-state index is -0.306. The van der Waals surface area contributed by atoms with Crippen molar-refractivity contribution in [1.29, 1.82) is 0 Å². The average molecular weight is 291 g/mol. The molecule has 1 aromatic heterocycles. The summed E-state index contributed by atoms with van der Waals surface area (Å²) in [5, 5.41) is 14.7. The van der Waals surface area contributed by atoms with Crippen molar-refractivity contribution in [3.63, 3.8) is 0 Å². The number of hydrogen-bond donors (Lipinski definition) is 1. The molecule has 0 saturated heterocycles. The number of nitro groups is 1. The number of nitrogens with one attached hydrogen (secondary N) is 1. The molecule has 1 aliphatic rings. The van der Waals surface area contributed by atoms with Crippen LogP contribution in [0, 0.1) is 29.4 Å². The topological polar surface area (TPSA) is 68.1 Å². The normalized spacial score (nSPS) is 21.2. The number of pyridine rings is 1. The van der Waals surface area contributed by atoms with Gasteiger partial charge in [0.25, 0.3) is 5.69 Å². The second-order valence-corrected chi connectivity index (χ2v) is 6.96. The van der Waals surface area contributed by atoms with Gasteiger partial charge in [-0.25, -0.2) is 0 Å². The molecule has 0 radical (unpaired) electrons. The summed E-state index contributed by atoms with van der Waals surface area (Å²) >= 11 is 0. The minimum absolute atomic E-state index is 0.200. The Hall–Kier alpha value is -1.49. The fourth-order valence-corrected chi connectivity index (χ4v) is 3.34. The van der Waals surface area contributed by atoms with Gasteiger partial charge in [-0.3, -0.25) is 15.1 Å². The molecule has 1 saturated carbocycles. The zero-order valence-corrected chi connectivity index (χ0v) is 13.4. The second-order valence-electron chi connectivity index (χ2n) is 6.96. The average Bonchev–Trinajstić information content (AvgIpc) is 2.36. The first kappa shape index (κ1) is 15.9. The van der Waals surface area contributed by atoms with Crippen LogP contribution in [0.3, 0.4) is 0 Å². The zero-order chi connectivity index (χ0) is 15.6. The van der Waals surface area contributed by atoms with Crippen molar-refractivity contribution >= 4 is 5.69 Å². The first-order chi connectivity index (χ1) is 9.80. The highest BCUT2D eigenvalue weighted by Crippen LogP contribution is 2.35. The lowest BCUT2D eigenvalue weighted by Crippen LogP contribution is -2.37. The molecular formula is C16H25N3O2. The fourth-order valence-electron chi connectivity index (χ4n) is 3.34. The van der Waals surface area contributed by atoms with E-state index in [-0.39, 0.29) is 10.6 Å². The molecule has 1 aromatic rings. The monoisotopic (exact) mass is 291 g/mol. The molecular weight excluding hydrogens is 266 g/mol. The Bertz CT molecular complexity index is 541. The van der Waals surface area contributed by atoms with Crippen molar-refractivity contribution in [3.8, 4) is 0 Å². The van der Waals surface area contributed by atoms with Gasteiger partial charge < -0.3 is 5.32 Å². The first-order valence-corrected chi connectivity index (χ1v) is 7.63. The highest BCUT2D eigenvalue weighted by molar-refractivity contribution is 5.47. The Kier molecular flexibility index (Phi) is 4.61. The smallest absolute Gasteiger partial charge is 0.278 e. The van der Waals surface area contributed by atoms with E-state index >= 15 is 0 Å². The van der Waals surface area contributed by atoms with Gasteiger partial charge in [-0.05, 0) is 38.5 Å². The molecule has 1 N–H and O–H groups in total. The number of aryl methyl sites for hydroxylation is 1. The van der Waals surface area contributed by atoms with Gasteiger partial charge in [0.2, 0.25) is 0 Å². The highest BCUT2D eigenvalue weighted by Gasteiger charge is 2.28. The van der Waals surface area contributed by atoms with Crippen molar-refractivity contribution in [3.05, 3.63) is 33.1 Å². The molecule has 2 rings (SSSR count). The van der Waals surface area contributed by atoms with E-state index < -0.39 is 0 Å². The Labute approximate surface area is 126 Å². The molecule has 1 atom stereocenters. The lowest BCUT2D eigenvalue weighted by Gasteiger charge is -2.35. The summed E-state index contributed by atoms with van der Waals surface area (Å²) < 4.78 is 0. The van der Waals surface area contributed by atoms with E-state index in [1.807, 2.05) is 0 Å². The van der Waals surface area contributed by atoms with Crippen LogP contribution in [0.15, 0.2) is 6.20 Å². The van der Waals surface area contributed by atoms with E-state index in [0.717, 1.165) is 12.1 Å². The molecule has 0 aliphatic heterocycles. The van der Waals surface area contributed by atoms with Gasteiger partial charge in [0.05, 0.1) is 10.6 Å². The van der Waals surface area contributed by atoms with Crippen molar-refractivity contribution in [2.75, 3.05) is 0 Å². The van der Waals surface area contributed by atoms with Gasteiger partial charge in [-0.2, -0.15) is 0 Å². The molecule has 0 amide bonds. The zero-order valence-electron chi connectivity index (χ0n) is 13.4. The molecule has 1 unspecified atom stereocenters. The summed E-state index contributed by atoms with van der Waals surface area (Å²) in [6.45, 7) is 8.74. The van der Waals surface area contributed by atoms with Gasteiger partial charge in [-0.1, -0.05) is 20.3 Å². The van der Waals surface area contributed by atoms with Gasteiger partial charge >= 0.3 is 0 Å². The third-order valence-corrected chi connectivity index (χ3v) is 4.52. The Morgan fingerprint density at radius 2 is 2.19 bits per heavy atom. The number of nitrogens with zero attached hydrogens (tertiary/aromatic N) is 2. The third kappa shape index (κ3) is 3.79. The minimum Gasteiger partial charge on any atom is -0.308 e. The van der Waals surface area contributed by atoms with Crippen LogP contribution in [0.4, 0.5) is 5.69 Å². The standard InChI is InChI=1S/C16H25N3O2/c1-11-9-18-14(12(2)15(11)19(20)21)10-17-13-6-5-7-16(3,4)8-13/h9,13,17H,5-8,10H2,1-4H3. The predicted molar refractivity (Wildman–Crippen MR) is 83.2 cm³/mol. The van der Waals surface area contributed by atoms with E-state index in [1.165, 1.54) is 19.3 Å². The Balaban J connectivity index is 2.07. The molecule has 0 aromatic carbocycles. The molecule has 21 heavy (non-hydrogen) atoms. The lowest BCUT2D eigenvalue weighted by atomic mass is 9.75. The summed E-state index contributed by atoms with van der Waals surface area (Å²) in [5.74, 6) is 0. The molecule has 1 fully saturated rings. The fraction of sp³-hybridized carbons (Fsp3) is 0.688. The summed E-state index contributed by atoms with van der Waals surface area (Å²) in [6.07, 6.45) is 6.45. The van der Waals surface area contributed by atoms with Gasteiger partial charge in [0.1, 0.15) is 0 Å². The van der Waals surface area contributed by atoms with E-state index in [0.29, 0.717) is 29.1 Å². The summed E-state index contributed by atoms with van der Waals surface area (Å²) in [5.41, 5.74) is 2.68. The molecule has 1 heterocycles. The van der Waals surface area contributed by atoms with Gasteiger partial charge in [-0.15, -0.1) is 0 Å². The molecule has 1 aliphatic carbocycles. The number of aromatic nitrogens is 1. The van der Waals surface area contributed by atoms with E-state index in [4.69, 9.17) is 0 Å². The molecule has 0 spiro atoms. The van der Waals surface area contributed by atoms with Crippen molar-refractivity contribution in [1.82, 2.24) is 10.3 Å². The van der Waals surface area contributed by atoms with Gasteiger partial charge in [0, 0.05) is 29.9 Å². The van der Waals surface area contributed by atoms with Crippen LogP contribution >= 0.6 is 0 Å².